The van der Waals surface area contributed by atoms with Crippen molar-refractivity contribution in [2.75, 3.05) is 0 Å². The summed E-state index contributed by atoms with van der Waals surface area (Å²) >= 11 is 0. The van der Waals surface area contributed by atoms with Crippen LogP contribution in [0.15, 0.2) is 201 Å². The summed E-state index contributed by atoms with van der Waals surface area (Å²) in [7, 11) is 0. The second-order valence-corrected chi connectivity index (χ2v) is 13.6. The first-order valence-corrected chi connectivity index (χ1v) is 18.7. The van der Waals surface area contributed by atoms with E-state index in [1.807, 2.05) is 49.5 Å². The fourth-order valence-electron chi connectivity index (χ4n) is 7.43. The predicted octanol–water partition coefficient (Wildman–Crippen LogP) is 11.9. The highest BCUT2D eigenvalue weighted by atomic mass is 16.3. The van der Waals surface area contributed by atoms with E-state index in [9.17, 15) is 0 Å². The van der Waals surface area contributed by atoms with Gasteiger partial charge in [-0.3, -0.25) is 0 Å². The standard InChI is InChI=1S/C52H37N3O/c1-3-4-15-36-18-11-12-22-43(36)34-54-52(55-51(53-2)42-27-26-40-32-39(24-25-41(40)33-42)35-16-7-5-8-17-35)46-30-29-45(37-19-9-6-10-20-37)49-48-44-23-14-13-21-38(44)28-31-47(48)56-50(46)49/h3-34H,2H2,1H3/b4-3+,36-15-,43-34-,54-52?,55-51?. The minimum absolute atomic E-state index is 0.459. The van der Waals surface area contributed by atoms with E-state index >= 15 is 0 Å². The van der Waals surface area contributed by atoms with Crippen molar-refractivity contribution in [1.29, 1.82) is 0 Å². The van der Waals surface area contributed by atoms with E-state index < -0.39 is 0 Å². The molecule has 56 heavy (non-hydrogen) atoms. The molecule has 0 amide bonds. The van der Waals surface area contributed by atoms with Crippen molar-refractivity contribution in [2.45, 2.75) is 6.92 Å². The Morgan fingerprint density at radius 3 is 2.07 bits per heavy atom. The molecule has 0 unspecified atom stereocenters. The number of hydrogen-bond donors (Lipinski definition) is 0. The van der Waals surface area contributed by atoms with Crippen LogP contribution in [0.5, 0.6) is 0 Å². The molecule has 4 heteroatoms. The van der Waals surface area contributed by atoms with Crippen LogP contribution in [0.25, 0.3) is 78.0 Å². The average Bonchev–Trinajstić information content (AvgIpc) is 3.67. The molecule has 0 N–H and O–H groups in total. The fourth-order valence-corrected chi connectivity index (χ4v) is 7.43. The van der Waals surface area contributed by atoms with Gasteiger partial charge in [0, 0.05) is 27.8 Å². The molecule has 9 rings (SSSR count). The Hall–Kier alpha value is -7.43. The monoisotopic (exact) mass is 719 g/mol. The molecule has 1 aromatic heterocycles. The lowest BCUT2D eigenvalue weighted by molar-refractivity contribution is 0.668. The van der Waals surface area contributed by atoms with Crippen LogP contribution in [0, 0.1) is 0 Å². The molecule has 8 aromatic carbocycles. The van der Waals surface area contributed by atoms with Gasteiger partial charge in [-0.2, -0.15) is 0 Å². The summed E-state index contributed by atoms with van der Waals surface area (Å²) in [6.07, 6.45) is 7.99. The highest BCUT2D eigenvalue weighted by Gasteiger charge is 2.21. The van der Waals surface area contributed by atoms with Crippen LogP contribution in [-0.4, -0.2) is 18.4 Å². The van der Waals surface area contributed by atoms with E-state index in [-0.39, 0.29) is 0 Å². The number of furan rings is 1. The summed E-state index contributed by atoms with van der Waals surface area (Å²) < 4.78 is 6.86. The van der Waals surface area contributed by atoms with Crippen LogP contribution >= 0.6 is 0 Å². The largest absolute Gasteiger partial charge is 0.455 e. The first kappa shape index (κ1) is 34.3. The van der Waals surface area contributed by atoms with E-state index in [0.29, 0.717) is 17.3 Å². The number of fused-ring (bicyclic) bond motifs is 6. The molecule has 0 aliphatic heterocycles. The molecule has 0 saturated heterocycles. The Morgan fingerprint density at radius 2 is 1.27 bits per heavy atom. The van der Waals surface area contributed by atoms with Crippen LogP contribution in [0.3, 0.4) is 0 Å². The summed E-state index contributed by atoms with van der Waals surface area (Å²) in [5.74, 6) is 0.919. The van der Waals surface area contributed by atoms with Crippen molar-refractivity contribution in [3.63, 3.8) is 0 Å². The molecule has 9 aromatic rings. The lowest BCUT2D eigenvalue weighted by Crippen LogP contribution is -2.23. The van der Waals surface area contributed by atoms with Crippen molar-refractivity contribution in [2.24, 2.45) is 15.0 Å². The fraction of sp³-hybridized carbons (Fsp3) is 0.0192. The van der Waals surface area contributed by atoms with Gasteiger partial charge in [0.2, 0.25) is 0 Å². The maximum atomic E-state index is 6.86. The summed E-state index contributed by atoms with van der Waals surface area (Å²) in [6, 6.07) is 58.7. The molecule has 1 heterocycles. The van der Waals surface area contributed by atoms with Gasteiger partial charge in [0.15, 0.2) is 11.7 Å². The molecular formula is C52H37N3O. The highest BCUT2D eigenvalue weighted by Crippen LogP contribution is 2.42. The normalized spacial score (nSPS) is 13.2. The summed E-state index contributed by atoms with van der Waals surface area (Å²) in [5.41, 5.74) is 7.61. The maximum absolute atomic E-state index is 6.86. The molecule has 266 valence electrons. The Bertz CT molecular complexity index is 3150. The topological polar surface area (TPSA) is 50.2 Å². The molecule has 0 bridgehead atoms. The summed E-state index contributed by atoms with van der Waals surface area (Å²) in [6.45, 7) is 5.99. The first-order valence-electron chi connectivity index (χ1n) is 18.7. The summed E-state index contributed by atoms with van der Waals surface area (Å²) in [4.78, 5) is 14.9. The van der Waals surface area contributed by atoms with Crippen molar-refractivity contribution in [3.8, 4) is 22.3 Å². The third-order valence-electron chi connectivity index (χ3n) is 10.2. The van der Waals surface area contributed by atoms with Gasteiger partial charge >= 0.3 is 0 Å². The second-order valence-electron chi connectivity index (χ2n) is 13.6. The van der Waals surface area contributed by atoms with Gasteiger partial charge < -0.3 is 4.42 Å². The Labute approximate surface area is 325 Å². The van der Waals surface area contributed by atoms with Crippen LogP contribution in [-0.2, 0) is 0 Å². The van der Waals surface area contributed by atoms with Crippen molar-refractivity contribution >= 4 is 74.1 Å². The average molecular weight is 720 g/mol. The number of hydrogen-bond acceptors (Lipinski definition) is 2. The van der Waals surface area contributed by atoms with Gasteiger partial charge in [0.25, 0.3) is 0 Å². The number of allylic oxidation sites excluding steroid dienone is 2. The van der Waals surface area contributed by atoms with Crippen molar-refractivity contribution in [1.82, 2.24) is 0 Å². The number of amidine groups is 2. The maximum Gasteiger partial charge on any atom is 0.165 e. The van der Waals surface area contributed by atoms with Crippen molar-refractivity contribution < 1.29 is 4.42 Å². The third-order valence-corrected chi connectivity index (χ3v) is 10.2. The molecular weight excluding hydrogens is 683 g/mol. The number of nitrogens with zero attached hydrogens (tertiary/aromatic N) is 3. The van der Waals surface area contributed by atoms with Crippen LogP contribution in [0.1, 0.15) is 18.1 Å². The molecule has 0 saturated carbocycles. The van der Waals surface area contributed by atoms with E-state index in [0.717, 1.165) is 70.6 Å². The van der Waals surface area contributed by atoms with Crippen LogP contribution < -0.4 is 10.4 Å². The molecule has 4 nitrogen and oxygen atoms in total. The van der Waals surface area contributed by atoms with Crippen LogP contribution in [0.2, 0.25) is 0 Å². The van der Waals surface area contributed by atoms with E-state index in [2.05, 4.69) is 163 Å². The van der Waals surface area contributed by atoms with Crippen molar-refractivity contribution in [3.05, 3.63) is 204 Å². The van der Waals surface area contributed by atoms with Gasteiger partial charge in [0.05, 0.1) is 5.56 Å². The number of aliphatic imine (C=N–C) groups is 3. The minimum Gasteiger partial charge on any atom is -0.455 e. The lowest BCUT2D eigenvalue weighted by atomic mass is 9.95. The number of rotatable bonds is 6. The molecule has 0 aliphatic rings. The lowest BCUT2D eigenvalue weighted by Gasteiger charge is -2.10. The molecule has 0 radical (unpaired) electrons. The third kappa shape index (κ3) is 6.54. The van der Waals surface area contributed by atoms with Gasteiger partial charge in [0.1, 0.15) is 11.2 Å². The first-order chi connectivity index (χ1) is 27.7. The zero-order valence-electron chi connectivity index (χ0n) is 30.9. The highest BCUT2D eigenvalue weighted by molar-refractivity contribution is 6.27. The Kier molecular flexibility index (Phi) is 9.28. The summed E-state index contributed by atoms with van der Waals surface area (Å²) in [5, 5.41) is 8.55. The SMILES string of the molecule is C=NC(=NC(=N/C=c1/cccc/c1=C/C=C/C)c1ccc(-c2ccccc2)c2c1oc1ccc3ccccc3c12)c1ccc2cc(-c3ccccc3)ccc2c1. The smallest absolute Gasteiger partial charge is 0.165 e. The zero-order chi connectivity index (χ0) is 37.8. The number of benzene rings is 8. The van der Waals surface area contributed by atoms with E-state index in [4.69, 9.17) is 14.4 Å². The molecule has 0 spiro atoms. The van der Waals surface area contributed by atoms with Gasteiger partial charge in [-0.25, -0.2) is 15.0 Å². The van der Waals surface area contributed by atoms with E-state index in [1.54, 1.807) is 0 Å². The van der Waals surface area contributed by atoms with Gasteiger partial charge in [-0.05, 0) is 86.9 Å². The van der Waals surface area contributed by atoms with Gasteiger partial charge in [-0.15, -0.1) is 0 Å². The van der Waals surface area contributed by atoms with E-state index in [1.165, 1.54) is 11.1 Å². The zero-order valence-corrected chi connectivity index (χ0v) is 30.9. The van der Waals surface area contributed by atoms with Crippen LogP contribution in [0.4, 0.5) is 0 Å². The molecule has 0 aliphatic carbocycles. The Balaban J connectivity index is 1.29. The molecule has 0 atom stereocenters. The van der Waals surface area contributed by atoms with Gasteiger partial charge in [-0.1, -0.05) is 164 Å². The molecule has 0 fully saturated rings. The minimum atomic E-state index is 0.459. The quantitative estimate of drug-likeness (QED) is 0.125. The Morgan fingerprint density at radius 1 is 0.571 bits per heavy atom. The second kappa shape index (κ2) is 15.1. The predicted molar refractivity (Wildman–Crippen MR) is 238 cm³/mol.